The smallest absolute Gasteiger partial charge is 0.260 e. The van der Waals surface area contributed by atoms with Crippen LogP contribution in [0.25, 0.3) is 21.7 Å². The van der Waals surface area contributed by atoms with Crippen molar-refractivity contribution in [1.82, 2.24) is 19.9 Å². The number of aromatic amines is 1. The molecule has 180 valence electrons. The predicted octanol–water partition coefficient (Wildman–Crippen LogP) is 3.65. The van der Waals surface area contributed by atoms with Crippen molar-refractivity contribution in [3.8, 4) is 0 Å². The van der Waals surface area contributed by atoms with E-state index in [0.717, 1.165) is 67.5 Å². The third kappa shape index (κ3) is 3.74. The van der Waals surface area contributed by atoms with Gasteiger partial charge in [0.1, 0.15) is 0 Å². The number of nitrogens with one attached hydrogen (secondary N) is 2. The minimum Gasteiger partial charge on any atom is -0.380 e. The number of pyridine rings is 2. The fourth-order valence-electron chi connectivity index (χ4n) is 5.81. The molecule has 4 aromatic rings. The van der Waals surface area contributed by atoms with Gasteiger partial charge in [-0.1, -0.05) is 18.6 Å². The monoisotopic (exact) mass is 469 g/mol. The normalized spacial score (nSPS) is 19.1. The summed E-state index contributed by atoms with van der Waals surface area (Å²) in [6, 6.07) is 10.7. The predicted molar refractivity (Wildman–Crippen MR) is 138 cm³/mol. The number of benzene rings is 1. The van der Waals surface area contributed by atoms with Gasteiger partial charge in [0, 0.05) is 48.6 Å². The number of anilines is 1. The van der Waals surface area contributed by atoms with Crippen LogP contribution in [0, 0.1) is 11.3 Å². The third-order valence-electron chi connectivity index (χ3n) is 8.16. The molecular weight excluding hydrogens is 438 g/mol. The average molecular weight is 470 g/mol. The summed E-state index contributed by atoms with van der Waals surface area (Å²) in [5.41, 5.74) is 4.81. The highest BCUT2D eigenvalue weighted by Crippen LogP contribution is 2.41. The molecule has 1 aliphatic carbocycles. The lowest BCUT2D eigenvalue weighted by Gasteiger charge is -2.56. The van der Waals surface area contributed by atoms with Gasteiger partial charge in [0.05, 0.1) is 42.4 Å². The van der Waals surface area contributed by atoms with Crippen LogP contribution in [0.1, 0.15) is 30.5 Å². The number of ether oxygens (including phenoxy) is 1. The minimum absolute atomic E-state index is 0.00605. The molecule has 3 fully saturated rings. The van der Waals surface area contributed by atoms with Gasteiger partial charge in [-0.15, -0.1) is 0 Å². The van der Waals surface area contributed by atoms with E-state index in [4.69, 9.17) is 4.74 Å². The van der Waals surface area contributed by atoms with Crippen molar-refractivity contribution >= 4 is 27.4 Å². The zero-order chi connectivity index (χ0) is 23.4. The molecule has 2 N–H and O–H groups in total. The van der Waals surface area contributed by atoms with Gasteiger partial charge in [0.2, 0.25) is 0 Å². The molecule has 1 spiro atoms. The Kier molecular flexibility index (Phi) is 4.96. The SMILES string of the molecule is O=c1c2cncc(N3CC4(COC4)C3)c2ccn1Cc1ccc2cc(CNCC3CCC3)[nH]c2c1. The van der Waals surface area contributed by atoms with Gasteiger partial charge in [0.15, 0.2) is 0 Å². The first kappa shape index (κ1) is 21.1. The van der Waals surface area contributed by atoms with Crippen molar-refractivity contribution in [3.63, 3.8) is 0 Å². The van der Waals surface area contributed by atoms with E-state index in [2.05, 4.69) is 50.5 Å². The Morgan fingerprint density at radius 1 is 1.11 bits per heavy atom. The van der Waals surface area contributed by atoms with Crippen molar-refractivity contribution < 1.29 is 4.74 Å². The summed E-state index contributed by atoms with van der Waals surface area (Å²) in [7, 11) is 0. The van der Waals surface area contributed by atoms with E-state index < -0.39 is 0 Å². The van der Waals surface area contributed by atoms with Crippen LogP contribution < -0.4 is 15.8 Å². The number of hydrogen-bond acceptors (Lipinski definition) is 5. The van der Waals surface area contributed by atoms with Crippen LogP contribution >= 0.6 is 0 Å². The Morgan fingerprint density at radius 2 is 2.00 bits per heavy atom. The van der Waals surface area contributed by atoms with E-state index in [1.54, 1.807) is 10.8 Å². The summed E-state index contributed by atoms with van der Waals surface area (Å²) in [5, 5.41) is 6.45. The van der Waals surface area contributed by atoms with Crippen LogP contribution in [0.5, 0.6) is 0 Å². The van der Waals surface area contributed by atoms with Gasteiger partial charge in [-0.05, 0) is 54.5 Å². The first-order chi connectivity index (χ1) is 17.2. The molecule has 35 heavy (non-hydrogen) atoms. The van der Waals surface area contributed by atoms with Gasteiger partial charge < -0.3 is 24.5 Å². The Morgan fingerprint density at radius 3 is 2.77 bits per heavy atom. The van der Waals surface area contributed by atoms with E-state index in [0.29, 0.717) is 17.3 Å². The van der Waals surface area contributed by atoms with Crippen molar-refractivity contribution in [3.05, 3.63) is 70.5 Å². The summed E-state index contributed by atoms with van der Waals surface area (Å²) >= 11 is 0. The quantitative estimate of drug-likeness (QED) is 0.432. The van der Waals surface area contributed by atoms with Crippen molar-refractivity contribution in [2.24, 2.45) is 11.3 Å². The Labute approximate surface area is 204 Å². The maximum atomic E-state index is 13.3. The Balaban J connectivity index is 1.10. The molecule has 2 saturated heterocycles. The first-order valence-electron chi connectivity index (χ1n) is 12.8. The zero-order valence-electron chi connectivity index (χ0n) is 19.9. The standard InChI is InChI=1S/C28H31N5O2/c34-27-24-12-30-13-26(33-15-28(16-33)17-35-18-28)23(24)6-7-32(27)14-20-4-5-21-9-22(31-25(21)8-20)11-29-10-19-2-1-3-19/h4-9,12-13,19,29,31H,1-3,10-11,14-18H2. The van der Waals surface area contributed by atoms with E-state index in [-0.39, 0.29) is 5.56 Å². The molecule has 0 atom stereocenters. The number of H-pyrrole nitrogens is 1. The second-order valence-corrected chi connectivity index (χ2v) is 10.9. The third-order valence-corrected chi connectivity index (χ3v) is 8.16. The second-order valence-electron chi connectivity index (χ2n) is 10.9. The largest absolute Gasteiger partial charge is 0.380 e. The summed E-state index contributed by atoms with van der Waals surface area (Å²) in [4.78, 5) is 23.6. The van der Waals surface area contributed by atoms with Crippen molar-refractivity contribution in [1.29, 1.82) is 0 Å². The molecule has 0 unspecified atom stereocenters. The summed E-state index contributed by atoms with van der Waals surface area (Å²) in [6.07, 6.45) is 9.62. The summed E-state index contributed by atoms with van der Waals surface area (Å²) in [5.74, 6) is 0.859. The molecule has 0 amide bonds. The molecule has 5 heterocycles. The summed E-state index contributed by atoms with van der Waals surface area (Å²) in [6.45, 7) is 6.15. The van der Waals surface area contributed by atoms with Gasteiger partial charge >= 0.3 is 0 Å². The van der Waals surface area contributed by atoms with Crippen molar-refractivity contribution in [2.45, 2.75) is 32.4 Å². The van der Waals surface area contributed by atoms with Gasteiger partial charge in [-0.3, -0.25) is 9.78 Å². The van der Waals surface area contributed by atoms with Crippen LogP contribution in [-0.2, 0) is 17.8 Å². The molecular formula is C28H31N5O2. The van der Waals surface area contributed by atoms with Gasteiger partial charge in [-0.2, -0.15) is 0 Å². The molecule has 3 aromatic heterocycles. The number of aromatic nitrogens is 3. The van der Waals surface area contributed by atoms with Crippen LogP contribution in [-0.4, -0.2) is 47.4 Å². The van der Waals surface area contributed by atoms with Crippen LogP contribution in [0.15, 0.2) is 53.7 Å². The highest BCUT2D eigenvalue weighted by molar-refractivity contribution is 5.93. The zero-order valence-corrected chi connectivity index (χ0v) is 19.9. The highest BCUT2D eigenvalue weighted by Gasteiger charge is 2.49. The Bertz CT molecular complexity index is 1460. The molecule has 3 aliphatic rings. The number of fused-ring (bicyclic) bond motifs is 2. The second kappa shape index (κ2) is 8.21. The van der Waals surface area contributed by atoms with Crippen LogP contribution in [0.2, 0.25) is 0 Å². The fraction of sp³-hybridized carbons (Fsp3) is 0.429. The van der Waals surface area contributed by atoms with Crippen LogP contribution in [0.3, 0.4) is 0 Å². The van der Waals surface area contributed by atoms with E-state index in [1.165, 1.54) is 30.3 Å². The lowest BCUT2D eigenvalue weighted by atomic mass is 9.77. The number of rotatable bonds is 7. The molecule has 1 saturated carbocycles. The molecule has 7 heteroatoms. The first-order valence-corrected chi connectivity index (χ1v) is 12.8. The average Bonchev–Trinajstić information content (AvgIpc) is 3.18. The maximum absolute atomic E-state index is 13.3. The molecule has 1 aromatic carbocycles. The van der Waals surface area contributed by atoms with Gasteiger partial charge in [-0.25, -0.2) is 0 Å². The minimum atomic E-state index is 0.00605. The molecule has 0 radical (unpaired) electrons. The number of hydrogen-bond donors (Lipinski definition) is 2. The van der Waals surface area contributed by atoms with E-state index in [1.807, 2.05) is 12.4 Å². The lowest BCUT2D eigenvalue weighted by molar-refractivity contribution is -0.126. The van der Waals surface area contributed by atoms with Crippen molar-refractivity contribution in [2.75, 3.05) is 37.7 Å². The number of nitrogens with zero attached hydrogens (tertiary/aromatic N) is 3. The highest BCUT2D eigenvalue weighted by atomic mass is 16.5. The lowest BCUT2D eigenvalue weighted by Crippen LogP contribution is -2.66. The summed E-state index contributed by atoms with van der Waals surface area (Å²) < 4.78 is 7.19. The topological polar surface area (TPSA) is 75.2 Å². The molecule has 0 bridgehead atoms. The van der Waals surface area contributed by atoms with Crippen LogP contribution in [0.4, 0.5) is 5.69 Å². The fourth-order valence-corrected chi connectivity index (χ4v) is 5.81. The van der Waals surface area contributed by atoms with Gasteiger partial charge in [0.25, 0.3) is 5.56 Å². The Hall–Kier alpha value is -3.16. The molecule has 7 rings (SSSR count). The van der Waals surface area contributed by atoms with E-state index in [9.17, 15) is 4.79 Å². The molecule has 7 nitrogen and oxygen atoms in total. The molecule has 2 aliphatic heterocycles. The van der Waals surface area contributed by atoms with E-state index >= 15 is 0 Å². The maximum Gasteiger partial charge on any atom is 0.260 e.